The standard InChI is InChI=1S/C18H20N4O3S/c1-11(22-13-9-5-6-10-14(13)25-18(22)24)15(23)19-17-21-20-16(26-17)12-7-3-2-4-8-12/h5-6,9-12H,2-4,7-8H2,1H3,(H,19,21,23). The summed E-state index contributed by atoms with van der Waals surface area (Å²) in [6.07, 6.45) is 5.99. The van der Waals surface area contributed by atoms with E-state index in [1.165, 1.54) is 35.2 Å². The van der Waals surface area contributed by atoms with E-state index in [9.17, 15) is 9.59 Å². The molecule has 4 rings (SSSR count). The number of para-hydroxylation sites is 2. The van der Waals surface area contributed by atoms with Gasteiger partial charge in [-0.1, -0.05) is 42.7 Å². The number of aromatic nitrogens is 3. The van der Waals surface area contributed by atoms with Gasteiger partial charge in [-0.2, -0.15) is 0 Å². The zero-order chi connectivity index (χ0) is 18.1. The number of hydrogen-bond acceptors (Lipinski definition) is 6. The van der Waals surface area contributed by atoms with E-state index >= 15 is 0 Å². The van der Waals surface area contributed by atoms with Crippen molar-refractivity contribution in [3.05, 3.63) is 39.8 Å². The molecule has 0 bridgehead atoms. The third-order valence-corrected chi connectivity index (χ3v) is 5.91. The highest BCUT2D eigenvalue weighted by Gasteiger charge is 2.24. The van der Waals surface area contributed by atoms with Crippen molar-refractivity contribution in [2.75, 3.05) is 5.32 Å². The predicted molar refractivity (Wildman–Crippen MR) is 99.5 cm³/mol. The Morgan fingerprint density at radius 2 is 2.04 bits per heavy atom. The van der Waals surface area contributed by atoms with Gasteiger partial charge in [0.25, 0.3) is 0 Å². The van der Waals surface area contributed by atoms with Crippen molar-refractivity contribution in [2.24, 2.45) is 0 Å². The zero-order valence-electron chi connectivity index (χ0n) is 14.5. The molecular formula is C18H20N4O3S. The van der Waals surface area contributed by atoms with Crippen LogP contribution in [0.15, 0.2) is 33.5 Å². The first kappa shape index (κ1) is 17.0. The van der Waals surface area contributed by atoms with Gasteiger partial charge in [-0.15, -0.1) is 10.2 Å². The van der Waals surface area contributed by atoms with E-state index in [0.29, 0.717) is 22.1 Å². The fourth-order valence-electron chi connectivity index (χ4n) is 3.48. The molecule has 136 valence electrons. The van der Waals surface area contributed by atoms with E-state index in [4.69, 9.17) is 4.42 Å². The van der Waals surface area contributed by atoms with Crippen LogP contribution in [0.2, 0.25) is 0 Å². The van der Waals surface area contributed by atoms with Gasteiger partial charge in [0.15, 0.2) is 5.58 Å². The van der Waals surface area contributed by atoms with Crippen molar-refractivity contribution in [1.82, 2.24) is 14.8 Å². The number of fused-ring (bicyclic) bond motifs is 1. The summed E-state index contributed by atoms with van der Waals surface area (Å²) in [5, 5.41) is 12.6. The normalized spacial score (nSPS) is 16.7. The maximum Gasteiger partial charge on any atom is 0.420 e. The third-order valence-electron chi connectivity index (χ3n) is 4.91. The van der Waals surface area contributed by atoms with E-state index in [1.54, 1.807) is 31.2 Å². The minimum atomic E-state index is -0.715. The molecule has 0 spiro atoms. The van der Waals surface area contributed by atoms with Crippen molar-refractivity contribution in [1.29, 1.82) is 0 Å². The van der Waals surface area contributed by atoms with Crippen LogP contribution in [0.4, 0.5) is 5.13 Å². The second-order valence-electron chi connectivity index (χ2n) is 6.65. The summed E-state index contributed by atoms with van der Waals surface area (Å²) in [5.74, 6) is -0.413. The van der Waals surface area contributed by atoms with Crippen LogP contribution in [-0.4, -0.2) is 20.7 Å². The largest absolute Gasteiger partial charge is 0.420 e. The number of benzene rings is 1. The molecule has 1 N–H and O–H groups in total. The lowest BCUT2D eigenvalue weighted by molar-refractivity contribution is -0.118. The van der Waals surface area contributed by atoms with Gasteiger partial charge in [-0.05, 0) is 31.9 Å². The first-order valence-electron chi connectivity index (χ1n) is 8.88. The van der Waals surface area contributed by atoms with Crippen molar-refractivity contribution in [3.63, 3.8) is 0 Å². The fourth-order valence-corrected chi connectivity index (χ4v) is 4.39. The van der Waals surface area contributed by atoms with Gasteiger partial charge < -0.3 is 4.42 Å². The highest BCUT2D eigenvalue weighted by atomic mass is 32.1. The Bertz CT molecular complexity index is 984. The molecule has 0 radical (unpaired) electrons. The highest BCUT2D eigenvalue weighted by Crippen LogP contribution is 2.35. The van der Waals surface area contributed by atoms with E-state index in [0.717, 1.165) is 17.8 Å². The number of rotatable bonds is 4. The van der Waals surface area contributed by atoms with Gasteiger partial charge in [-0.25, -0.2) is 4.79 Å². The molecule has 2 aromatic heterocycles. The van der Waals surface area contributed by atoms with Crippen molar-refractivity contribution < 1.29 is 9.21 Å². The summed E-state index contributed by atoms with van der Waals surface area (Å²) in [6, 6.07) is 6.34. The maximum atomic E-state index is 12.6. The maximum absolute atomic E-state index is 12.6. The molecule has 1 aromatic carbocycles. The zero-order valence-corrected chi connectivity index (χ0v) is 15.3. The number of hydrogen-bond donors (Lipinski definition) is 1. The average Bonchev–Trinajstić information content (AvgIpc) is 3.25. The number of anilines is 1. The quantitative estimate of drug-likeness (QED) is 0.754. The first-order chi connectivity index (χ1) is 12.6. The van der Waals surface area contributed by atoms with Crippen molar-refractivity contribution in [2.45, 2.75) is 51.0 Å². The molecule has 0 aliphatic heterocycles. The lowest BCUT2D eigenvalue weighted by atomic mass is 9.90. The molecular weight excluding hydrogens is 352 g/mol. The lowest BCUT2D eigenvalue weighted by Gasteiger charge is -2.18. The molecule has 1 unspecified atom stereocenters. The minimum absolute atomic E-state index is 0.315. The Labute approximate surface area is 154 Å². The number of carbonyl (C=O) groups is 1. The van der Waals surface area contributed by atoms with Gasteiger partial charge in [0.2, 0.25) is 11.0 Å². The van der Waals surface area contributed by atoms with Crippen LogP contribution in [0.1, 0.15) is 56.0 Å². The summed E-state index contributed by atoms with van der Waals surface area (Å²) < 4.78 is 6.56. The molecule has 1 atom stereocenters. The van der Waals surface area contributed by atoms with E-state index < -0.39 is 11.8 Å². The Hall–Kier alpha value is -2.48. The average molecular weight is 372 g/mol. The summed E-state index contributed by atoms with van der Waals surface area (Å²) >= 11 is 1.43. The van der Waals surface area contributed by atoms with Crippen LogP contribution >= 0.6 is 11.3 Å². The van der Waals surface area contributed by atoms with Gasteiger partial charge in [-0.3, -0.25) is 14.7 Å². The summed E-state index contributed by atoms with van der Waals surface area (Å²) in [6.45, 7) is 1.67. The SMILES string of the molecule is CC(C(=O)Nc1nnc(C2CCCCC2)s1)n1c(=O)oc2ccccc21. The van der Waals surface area contributed by atoms with Gasteiger partial charge in [0, 0.05) is 5.92 Å². The van der Waals surface area contributed by atoms with Crippen molar-refractivity contribution >= 4 is 33.5 Å². The first-order valence-corrected chi connectivity index (χ1v) is 9.69. The van der Waals surface area contributed by atoms with E-state index in [1.807, 2.05) is 0 Å². The molecule has 1 fully saturated rings. The van der Waals surface area contributed by atoms with Crippen LogP contribution in [0.25, 0.3) is 11.1 Å². The molecule has 26 heavy (non-hydrogen) atoms. The molecule has 1 saturated carbocycles. The Kier molecular flexibility index (Phi) is 4.58. The summed E-state index contributed by atoms with van der Waals surface area (Å²) in [4.78, 5) is 24.8. The minimum Gasteiger partial charge on any atom is -0.408 e. The Morgan fingerprint density at radius 1 is 1.27 bits per heavy atom. The molecule has 1 aliphatic rings. The summed E-state index contributed by atoms with van der Waals surface area (Å²) in [5.41, 5.74) is 1.06. The monoisotopic (exact) mass is 372 g/mol. The lowest BCUT2D eigenvalue weighted by Crippen LogP contribution is -2.29. The topological polar surface area (TPSA) is 90.0 Å². The van der Waals surface area contributed by atoms with E-state index in [-0.39, 0.29) is 5.91 Å². The van der Waals surface area contributed by atoms with Crippen LogP contribution < -0.4 is 11.1 Å². The van der Waals surface area contributed by atoms with Crippen LogP contribution in [0, 0.1) is 0 Å². The number of nitrogens with one attached hydrogen (secondary N) is 1. The van der Waals surface area contributed by atoms with Crippen molar-refractivity contribution in [3.8, 4) is 0 Å². The molecule has 1 amide bonds. The van der Waals surface area contributed by atoms with E-state index in [2.05, 4.69) is 15.5 Å². The Balaban J connectivity index is 1.52. The second-order valence-corrected chi connectivity index (χ2v) is 7.66. The number of nitrogens with zero attached hydrogens (tertiary/aromatic N) is 3. The van der Waals surface area contributed by atoms with Crippen LogP contribution in [0.5, 0.6) is 0 Å². The molecule has 1 aliphatic carbocycles. The van der Waals surface area contributed by atoms with Gasteiger partial charge in [0.1, 0.15) is 11.0 Å². The fraction of sp³-hybridized carbons (Fsp3) is 0.444. The predicted octanol–water partition coefficient (Wildman–Crippen LogP) is 3.69. The van der Waals surface area contributed by atoms with Gasteiger partial charge >= 0.3 is 5.76 Å². The summed E-state index contributed by atoms with van der Waals surface area (Å²) in [7, 11) is 0. The molecule has 2 heterocycles. The molecule has 0 saturated heterocycles. The molecule has 3 aromatic rings. The Morgan fingerprint density at radius 3 is 2.85 bits per heavy atom. The second kappa shape index (κ2) is 7.03. The third kappa shape index (κ3) is 3.16. The number of amides is 1. The number of carbonyl (C=O) groups excluding carboxylic acids is 1. The van der Waals surface area contributed by atoms with Crippen LogP contribution in [0.3, 0.4) is 0 Å². The van der Waals surface area contributed by atoms with Gasteiger partial charge in [0.05, 0.1) is 5.52 Å². The van der Waals surface area contributed by atoms with Crippen LogP contribution in [-0.2, 0) is 4.79 Å². The molecule has 7 nitrogen and oxygen atoms in total. The smallest absolute Gasteiger partial charge is 0.408 e. The highest BCUT2D eigenvalue weighted by molar-refractivity contribution is 7.15. The molecule has 8 heteroatoms. The number of oxazole rings is 1.